The number of nitrogens with one attached hydrogen (secondary N) is 1. The van der Waals surface area contributed by atoms with Crippen LogP contribution in [0, 0.1) is 0 Å². The van der Waals surface area contributed by atoms with Crippen LogP contribution in [-0.2, 0) is 18.4 Å². The molecule has 0 fully saturated rings. The van der Waals surface area contributed by atoms with Crippen molar-refractivity contribution in [2.75, 3.05) is 0 Å². The molecule has 0 bridgehead atoms. The van der Waals surface area contributed by atoms with Gasteiger partial charge in [0.1, 0.15) is 5.69 Å². The molecule has 0 aliphatic rings. The van der Waals surface area contributed by atoms with Crippen molar-refractivity contribution in [3.05, 3.63) is 59.7 Å². The summed E-state index contributed by atoms with van der Waals surface area (Å²) in [5.41, 5.74) is 2.22. The number of hydrogen-bond acceptors (Lipinski definition) is 3. The number of nitrogens with zero attached hydrogens (tertiary/aromatic N) is 2. The zero-order valence-electron chi connectivity index (χ0n) is 11.5. The van der Waals surface area contributed by atoms with E-state index in [0.29, 0.717) is 12.2 Å². The van der Waals surface area contributed by atoms with E-state index in [-0.39, 0.29) is 5.91 Å². The topological polar surface area (TPSA) is 84.2 Å². The zero-order valence-corrected chi connectivity index (χ0v) is 11.5. The van der Waals surface area contributed by atoms with Gasteiger partial charge in [0.05, 0.1) is 12.5 Å². The molecular weight excluding hydrogens is 270 g/mol. The Balaban J connectivity index is 1.93. The Kier molecular flexibility index (Phi) is 4.50. The molecule has 1 heterocycles. The first-order valence-corrected chi connectivity index (χ1v) is 6.31. The number of carboxylic acids is 1. The second-order valence-corrected chi connectivity index (χ2v) is 4.49. The number of imidazole rings is 1. The fourth-order valence-electron chi connectivity index (χ4n) is 1.76. The van der Waals surface area contributed by atoms with E-state index in [1.165, 1.54) is 12.3 Å². The minimum absolute atomic E-state index is 0.190. The van der Waals surface area contributed by atoms with Crippen molar-refractivity contribution in [1.82, 2.24) is 14.9 Å². The third kappa shape index (κ3) is 4.04. The Bertz CT molecular complexity index is 672. The van der Waals surface area contributed by atoms with Crippen LogP contribution in [0.25, 0.3) is 6.08 Å². The number of aliphatic carboxylic acids is 1. The van der Waals surface area contributed by atoms with E-state index in [1.54, 1.807) is 30.1 Å². The zero-order chi connectivity index (χ0) is 15.2. The van der Waals surface area contributed by atoms with Crippen LogP contribution in [0.5, 0.6) is 0 Å². The van der Waals surface area contributed by atoms with E-state index in [4.69, 9.17) is 5.11 Å². The van der Waals surface area contributed by atoms with E-state index < -0.39 is 5.97 Å². The lowest BCUT2D eigenvalue weighted by Gasteiger charge is -2.06. The summed E-state index contributed by atoms with van der Waals surface area (Å²) in [6, 6.07) is 7.27. The van der Waals surface area contributed by atoms with Crippen molar-refractivity contribution in [3.63, 3.8) is 0 Å². The van der Waals surface area contributed by atoms with Crippen LogP contribution < -0.4 is 5.32 Å². The molecular formula is C15H15N3O3. The summed E-state index contributed by atoms with van der Waals surface area (Å²) in [6.07, 6.45) is 5.67. The minimum Gasteiger partial charge on any atom is -0.478 e. The molecule has 0 radical (unpaired) electrons. The molecule has 0 spiro atoms. The average Bonchev–Trinajstić information content (AvgIpc) is 2.90. The number of aromatic nitrogens is 2. The molecule has 0 saturated carbocycles. The van der Waals surface area contributed by atoms with Crippen LogP contribution in [0.15, 0.2) is 42.9 Å². The van der Waals surface area contributed by atoms with Gasteiger partial charge in [0, 0.05) is 19.7 Å². The van der Waals surface area contributed by atoms with Crippen LogP contribution in [0.2, 0.25) is 0 Å². The Labute approximate surface area is 121 Å². The molecule has 1 amide bonds. The van der Waals surface area contributed by atoms with Crippen LogP contribution in [0.1, 0.15) is 21.6 Å². The summed E-state index contributed by atoms with van der Waals surface area (Å²) in [5.74, 6) is -1.17. The van der Waals surface area contributed by atoms with Crippen LogP contribution in [-0.4, -0.2) is 26.5 Å². The Morgan fingerprint density at radius 1 is 1.33 bits per heavy atom. The predicted octanol–water partition coefficient (Wildman–Crippen LogP) is 1.45. The highest BCUT2D eigenvalue weighted by atomic mass is 16.4. The first kappa shape index (κ1) is 14.5. The first-order chi connectivity index (χ1) is 10.1. The van der Waals surface area contributed by atoms with Gasteiger partial charge in [0.25, 0.3) is 5.91 Å². The second kappa shape index (κ2) is 6.51. The summed E-state index contributed by atoms with van der Waals surface area (Å²) in [4.78, 5) is 26.2. The molecule has 2 aromatic rings. The van der Waals surface area contributed by atoms with Crippen LogP contribution in [0.3, 0.4) is 0 Å². The molecule has 2 N–H and O–H groups in total. The monoisotopic (exact) mass is 285 g/mol. The number of carbonyl (C=O) groups excluding carboxylic acids is 1. The van der Waals surface area contributed by atoms with Crippen molar-refractivity contribution in [2.24, 2.45) is 7.05 Å². The molecule has 21 heavy (non-hydrogen) atoms. The third-order valence-corrected chi connectivity index (χ3v) is 2.90. The minimum atomic E-state index is -0.984. The molecule has 6 nitrogen and oxygen atoms in total. The van der Waals surface area contributed by atoms with Gasteiger partial charge in [0.15, 0.2) is 0 Å². The van der Waals surface area contributed by atoms with E-state index >= 15 is 0 Å². The number of carbonyl (C=O) groups is 2. The van der Waals surface area contributed by atoms with Crippen molar-refractivity contribution >= 4 is 18.0 Å². The highest BCUT2D eigenvalue weighted by Crippen LogP contribution is 2.06. The maximum atomic E-state index is 11.9. The predicted molar refractivity (Wildman–Crippen MR) is 77.5 cm³/mol. The van der Waals surface area contributed by atoms with Gasteiger partial charge in [-0.15, -0.1) is 0 Å². The molecule has 2 rings (SSSR count). The number of amides is 1. The number of aryl methyl sites for hydroxylation is 1. The highest BCUT2D eigenvalue weighted by molar-refractivity contribution is 5.92. The molecule has 0 aliphatic heterocycles. The fourth-order valence-corrected chi connectivity index (χ4v) is 1.76. The maximum Gasteiger partial charge on any atom is 0.328 e. The van der Waals surface area contributed by atoms with Crippen molar-refractivity contribution < 1.29 is 14.7 Å². The van der Waals surface area contributed by atoms with Gasteiger partial charge >= 0.3 is 5.97 Å². The quantitative estimate of drug-likeness (QED) is 0.814. The molecule has 0 saturated heterocycles. The van der Waals surface area contributed by atoms with Crippen LogP contribution in [0.4, 0.5) is 0 Å². The van der Waals surface area contributed by atoms with E-state index in [2.05, 4.69) is 10.3 Å². The summed E-state index contributed by atoms with van der Waals surface area (Å²) in [7, 11) is 1.76. The van der Waals surface area contributed by atoms with Gasteiger partial charge in [-0.05, 0) is 17.2 Å². The van der Waals surface area contributed by atoms with Crippen molar-refractivity contribution in [1.29, 1.82) is 0 Å². The summed E-state index contributed by atoms with van der Waals surface area (Å²) < 4.78 is 1.65. The van der Waals surface area contributed by atoms with Gasteiger partial charge in [-0.2, -0.15) is 0 Å². The molecule has 1 aromatic carbocycles. The maximum absolute atomic E-state index is 11.9. The number of hydrogen-bond donors (Lipinski definition) is 2. The molecule has 108 valence electrons. The van der Waals surface area contributed by atoms with Crippen molar-refractivity contribution in [3.8, 4) is 0 Å². The fraction of sp³-hybridized carbons (Fsp3) is 0.133. The summed E-state index contributed by atoms with van der Waals surface area (Å²) in [5, 5.41) is 11.3. The van der Waals surface area contributed by atoms with Crippen molar-refractivity contribution in [2.45, 2.75) is 6.54 Å². The Hall–Kier alpha value is -2.89. The van der Waals surface area contributed by atoms with Gasteiger partial charge in [-0.25, -0.2) is 9.78 Å². The lowest BCUT2D eigenvalue weighted by atomic mass is 10.1. The van der Waals surface area contributed by atoms with Gasteiger partial charge in [-0.1, -0.05) is 24.3 Å². The largest absolute Gasteiger partial charge is 0.478 e. The highest BCUT2D eigenvalue weighted by Gasteiger charge is 2.08. The number of carboxylic acid groups (broad SMARTS) is 1. The van der Waals surface area contributed by atoms with E-state index in [0.717, 1.165) is 17.2 Å². The molecule has 0 aliphatic carbocycles. The van der Waals surface area contributed by atoms with Gasteiger partial charge in [0.2, 0.25) is 0 Å². The van der Waals surface area contributed by atoms with E-state index in [1.807, 2.05) is 12.1 Å². The summed E-state index contributed by atoms with van der Waals surface area (Å²) >= 11 is 0. The molecule has 1 aromatic heterocycles. The molecule has 0 unspecified atom stereocenters. The lowest BCUT2D eigenvalue weighted by Crippen LogP contribution is -2.24. The SMILES string of the molecule is Cn1cncc1C(=O)NCc1ccc(/C=C/C(=O)O)cc1. The van der Waals surface area contributed by atoms with Gasteiger partial charge in [-0.3, -0.25) is 4.79 Å². The number of rotatable bonds is 5. The number of benzene rings is 1. The lowest BCUT2D eigenvalue weighted by molar-refractivity contribution is -0.131. The van der Waals surface area contributed by atoms with Crippen LogP contribution >= 0.6 is 0 Å². The second-order valence-electron chi connectivity index (χ2n) is 4.49. The Morgan fingerprint density at radius 3 is 2.62 bits per heavy atom. The third-order valence-electron chi connectivity index (χ3n) is 2.90. The first-order valence-electron chi connectivity index (χ1n) is 6.31. The Morgan fingerprint density at radius 2 is 2.05 bits per heavy atom. The van der Waals surface area contributed by atoms with Gasteiger partial charge < -0.3 is 15.0 Å². The standard InChI is InChI=1S/C15H15N3O3/c1-18-10-16-9-13(18)15(21)17-8-12-4-2-11(3-5-12)6-7-14(19)20/h2-7,9-10H,8H2,1H3,(H,17,21)(H,19,20)/b7-6+. The molecule has 0 atom stereocenters. The average molecular weight is 285 g/mol. The smallest absolute Gasteiger partial charge is 0.328 e. The summed E-state index contributed by atoms with van der Waals surface area (Å²) in [6.45, 7) is 0.396. The normalized spacial score (nSPS) is 10.7. The molecule has 6 heteroatoms. The van der Waals surface area contributed by atoms with E-state index in [9.17, 15) is 9.59 Å².